The van der Waals surface area contributed by atoms with E-state index in [2.05, 4.69) is 31.9 Å². The molecular weight excluding hydrogens is 372 g/mol. The van der Waals surface area contributed by atoms with Gasteiger partial charge in [0, 0.05) is 28.8 Å². The molecule has 2 aromatic carbocycles. The fourth-order valence-corrected chi connectivity index (χ4v) is 5.58. The summed E-state index contributed by atoms with van der Waals surface area (Å²) < 4.78 is 6.29. The number of rotatable bonds is 7. The first-order valence-electron chi connectivity index (χ1n) is 9.19. The maximum absolute atomic E-state index is 6.29. The molecule has 27 heavy (non-hydrogen) atoms. The molecule has 0 aliphatic heterocycles. The van der Waals surface area contributed by atoms with E-state index in [1.54, 1.807) is 0 Å². The Morgan fingerprint density at radius 3 is 1.78 bits per heavy atom. The minimum Gasteiger partial charge on any atom is -0.399 e. The molecule has 146 valence electrons. The molecular formula is C22H30N2OS2. The van der Waals surface area contributed by atoms with Crippen LogP contribution in [0.2, 0.25) is 0 Å². The third-order valence-corrected chi connectivity index (χ3v) is 9.16. The Morgan fingerprint density at radius 1 is 0.926 bits per heavy atom. The lowest BCUT2D eigenvalue weighted by atomic mass is 9.86. The monoisotopic (exact) mass is 402 g/mol. The maximum Gasteiger partial charge on any atom is 0.194 e. The molecule has 0 heterocycles. The Bertz CT molecular complexity index is 769. The van der Waals surface area contributed by atoms with Crippen molar-refractivity contribution in [2.75, 3.05) is 35.0 Å². The van der Waals surface area contributed by atoms with Gasteiger partial charge >= 0.3 is 0 Å². The average Bonchev–Trinajstić information content (AvgIpc) is 2.68. The van der Waals surface area contributed by atoms with Crippen LogP contribution >= 0.6 is 22.1 Å². The molecule has 0 amide bonds. The van der Waals surface area contributed by atoms with Crippen LogP contribution in [-0.2, 0) is 9.78 Å². The number of hydrogen-bond donors (Lipinski definition) is 2. The van der Waals surface area contributed by atoms with E-state index in [1.807, 2.05) is 54.8 Å². The number of anilines is 2. The fourth-order valence-electron chi connectivity index (χ4n) is 3.08. The van der Waals surface area contributed by atoms with E-state index in [-0.39, 0.29) is 0 Å². The van der Waals surface area contributed by atoms with Crippen molar-refractivity contribution in [3.8, 4) is 11.2 Å². The molecule has 2 rings (SSSR count). The smallest absolute Gasteiger partial charge is 0.194 e. The lowest BCUT2D eigenvalue weighted by Crippen LogP contribution is -2.28. The zero-order chi connectivity index (χ0) is 19.9. The van der Waals surface area contributed by atoms with Gasteiger partial charge in [-0.3, -0.25) is 4.18 Å². The van der Waals surface area contributed by atoms with Gasteiger partial charge in [0.2, 0.25) is 0 Å². The molecule has 0 unspecified atom stereocenters. The molecule has 0 saturated heterocycles. The normalized spacial score (nSPS) is 12.3. The second kappa shape index (κ2) is 9.45. The molecule has 5 heteroatoms. The minimum absolute atomic E-state index is 0.687. The summed E-state index contributed by atoms with van der Waals surface area (Å²) >= 11 is 1.31. The number of nitrogen functional groups attached to an aromatic ring is 2. The fraction of sp³-hybridized carbons (Fsp3) is 0.364. The number of nitrogens with two attached hydrogens (primary N) is 2. The molecule has 0 fully saturated rings. The molecule has 0 aliphatic carbocycles. The Balaban J connectivity index is 2.77. The Hall–Kier alpha value is -1.74. The maximum atomic E-state index is 6.29. The SMILES string of the molecule is CCS(C#CC(OSC)(c1cccc(N)c1)c1cccc(N)c1)(CC)CC. The summed E-state index contributed by atoms with van der Waals surface area (Å²) in [6, 6.07) is 15.5. The molecule has 0 atom stereocenters. The van der Waals surface area contributed by atoms with Gasteiger partial charge in [0.05, 0.1) is 0 Å². The lowest BCUT2D eigenvalue weighted by molar-refractivity contribution is 0.216. The van der Waals surface area contributed by atoms with Gasteiger partial charge in [-0.15, -0.1) is 0 Å². The summed E-state index contributed by atoms with van der Waals surface area (Å²) in [5, 5.41) is 3.66. The molecule has 0 aromatic heterocycles. The van der Waals surface area contributed by atoms with Crippen LogP contribution < -0.4 is 11.5 Å². The van der Waals surface area contributed by atoms with Crippen molar-refractivity contribution in [1.82, 2.24) is 0 Å². The van der Waals surface area contributed by atoms with Crippen LogP contribution in [-0.4, -0.2) is 23.5 Å². The van der Waals surface area contributed by atoms with Crippen LogP contribution in [0.3, 0.4) is 0 Å². The zero-order valence-electron chi connectivity index (χ0n) is 16.6. The van der Waals surface area contributed by atoms with Gasteiger partial charge in [0.1, 0.15) is 0 Å². The van der Waals surface area contributed by atoms with Gasteiger partial charge in [-0.05, 0) is 59.5 Å². The highest BCUT2D eigenvalue weighted by atomic mass is 32.3. The molecule has 0 radical (unpaired) electrons. The number of benzene rings is 2. The first-order valence-corrected chi connectivity index (χ1v) is 12.5. The zero-order valence-corrected chi connectivity index (χ0v) is 18.3. The van der Waals surface area contributed by atoms with Crippen LogP contribution in [0.1, 0.15) is 31.9 Å². The minimum atomic E-state index is -1.01. The van der Waals surface area contributed by atoms with E-state index < -0.39 is 15.6 Å². The van der Waals surface area contributed by atoms with Crippen molar-refractivity contribution in [2.45, 2.75) is 26.4 Å². The topological polar surface area (TPSA) is 61.3 Å². The molecule has 0 aliphatic rings. The largest absolute Gasteiger partial charge is 0.399 e. The van der Waals surface area contributed by atoms with Crippen LogP contribution in [0, 0.1) is 11.2 Å². The van der Waals surface area contributed by atoms with E-state index in [1.165, 1.54) is 12.0 Å². The van der Waals surface area contributed by atoms with Gasteiger partial charge in [-0.2, -0.15) is 10.0 Å². The second-order valence-electron chi connectivity index (χ2n) is 6.32. The Kier molecular flexibility index (Phi) is 7.55. The van der Waals surface area contributed by atoms with Gasteiger partial charge in [0.25, 0.3) is 0 Å². The third kappa shape index (κ3) is 4.76. The average molecular weight is 403 g/mol. The van der Waals surface area contributed by atoms with Crippen molar-refractivity contribution >= 4 is 33.4 Å². The van der Waals surface area contributed by atoms with Crippen molar-refractivity contribution < 1.29 is 4.18 Å². The molecule has 4 N–H and O–H groups in total. The Morgan fingerprint density at radius 2 is 1.41 bits per heavy atom. The van der Waals surface area contributed by atoms with Crippen LogP contribution in [0.4, 0.5) is 11.4 Å². The van der Waals surface area contributed by atoms with Crippen LogP contribution in [0.5, 0.6) is 0 Å². The van der Waals surface area contributed by atoms with Gasteiger partial charge < -0.3 is 11.5 Å². The van der Waals surface area contributed by atoms with Crippen molar-refractivity contribution in [3.05, 3.63) is 59.7 Å². The summed E-state index contributed by atoms with van der Waals surface area (Å²) in [5.41, 5.74) is 14.5. The van der Waals surface area contributed by atoms with E-state index in [9.17, 15) is 0 Å². The van der Waals surface area contributed by atoms with Crippen LogP contribution in [0.25, 0.3) is 0 Å². The highest BCUT2D eigenvalue weighted by Gasteiger charge is 2.35. The van der Waals surface area contributed by atoms with Gasteiger partial charge in [-0.25, -0.2) is 0 Å². The Labute approximate surface area is 169 Å². The highest BCUT2D eigenvalue weighted by Crippen LogP contribution is 2.47. The summed E-state index contributed by atoms with van der Waals surface area (Å²) in [7, 11) is -1.01. The first kappa shape index (κ1) is 21.6. The van der Waals surface area contributed by atoms with E-state index >= 15 is 0 Å². The summed E-state index contributed by atoms with van der Waals surface area (Å²) in [4.78, 5) is 0. The summed E-state index contributed by atoms with van der Waals surface area (Å²) in [5.74, 6) is 6.79. The predicted molar refractivity (Wildman–Crippen MR) is 124 cm³/mol. The van der Waals surface area contributed by atoms with Crippen LogP contribution in [0.15, 0.2) is 48.5 Å². The molecule has 3 nitrogen and oxygen atoms in total. The third-order valence-electron chi connectivity index (χ3n) is 4.90. The quantitative estimate of drug-likeness (QED) is 0.379. The number of hydrogen-bond acceptors (Lipinski definition) is 4. The lowest BCUT2D eigenvalue weighted by Gasteiger charge is -2.33. The van der Waals surface area contributed by atoms with E-state index in [4.69, 9.17) is 15.7 Å². The van der Waals surface area contributed by atoms with E-state index in [0.29, 0.717) is 11.4 Å². The highest BCUT2D eigenvalue weighted by molar-refractivity contribution is 8.37. The molecule has 2 aromatic rings. The molecule has 0 saturated carbocycles. The van der Waals surface area contributed by atoms with Crippen molar-refractivity contribution in [1.29, 1.82) is 0 Å². The predicted octanol–water partition coefficient (Wildman–Crippen LogP) is 5.21. The first-order chi connectivity index (χ1) is 12.9. The van der Waals surface area contributed by atoms with Crippen molar-refractivity contribution in [2.24, 2.45) is 0 Å². The molecule has 0 bridgehead atoms. The van der Waals surface area contributed by atoms with Crippen molar-refractivity contribution in [3.63, 3.8) is 0 Å². The second-order valence-corrected chi connectivity index (χ2v) is 10.8. The summed E-state index contributed by atoms with van der Waals surface area (Å²) in [6.07, 6.45) is 1.91. The van der Waals surface area contributed by atoms with Gasteiger partial charge in [0.15, 0.2) is 5.60 Å². The summed E-state index contributed by atoms with van der Waals surface area (Å²) in [6.45, 7) is 6.69. The van der Waals surface area contributed by atoms with Gasteiger partial charge in [-0.1, -0.05) is 50.3 Å². The standard InChI is InChI=1S/C22H30N2OS2/c1-5-27(6-2,7-3)15-14-22(25-26-4,18-10-8-12-20(23)16-18)19-11-9-13-21(24)17-19/h8-13,16-17H,5-7,23-24H2,1-4H3. The molecule has 0 spiro atoms. The van der Waals surface area contributed by atoms with E-state index in [0.717, 1.165) is 28.4 Å².